The van der Waals surface area contributed by atoms with Crippen molar-refractivity contribution in [3.63, 3.8) is 0 Å². The number of nitrogens with zero attached hydrogens (tertiary/aromatic N) is 1. The first-order valence-corrected chi connectivity index (χ1v) is 19.8. The van der Waals surface area contributed by atoms with Crippen molar-refractivity contribution >= 4 is 60.5 Å². The zero-order chi connectivity index (χ0) is 38.4. The number of hydrogen-bond donors (Lipinski definition) is 0. The lowest BCUT2D eigenvalue weighted by atomic mass is 9.97. The van der Waals surface area contributed by atoms with Gasteiger partial charge in [0.25, 0.3) is 0 Å². The summed E-state index contributed by atoms with van der Waals surface area (Å²) in [5.41, 5.74) is 14.5. The standard InChI is InChI=1S/C56H37NO/c1-2-11-38(12-3-1)40-25-30-48(31-26-40)57(49-32-27-41(28-33-49)44-16-8-17-45(35-44)46-24-23-39-13-4-5-15-43(39)36-46)50-19-9-18-47(37-50)51-21-10-22-54-55(51)53-34-29-42-14-6-7-20-52(42)56(53)58-54/h1-37H. The minimum atomic E-state index is 0.892. The Balaban J connectivity index is 1.00. The maximum atomic E-state index is 6.58. The van der Waals surface area contributed by atoms with Crippen LogP contribution in [0.3, 0.4) is 0 Å². The topological polar surface area (TPSA) is 16.4 Å². The van der Waals surface area contributed by atoms with Crippen LogP contribution in [0.2, 0.25) is 0 Å². The largest absolute Gasteiger partial charge is 0.455 e. The Hall–Kier alpha value is -7.68. The molecule has 272 valence electrons. The molecule has 11 rings (SSSR count). The lowest BCUT2D eigenvalue weighted by molar-refractivity contribution is 0.673. The Kier molecular flexibility index (Phi) is 8.19. The summed E-state index contributed by atoms with van der Waals surface area (Å²) in [7, 11) is 0. The number of anilines is 3. The Bertz CT molecular complexity index is 3270. The molecule has 0 amide bonds. The molecule has 1 heterocycles. The van der Waals surface area contributed by atoms with Crippen molar-refractivity contribution in [2.75, 3.05) is 4.90 Å². The van der Waals surface area contributed by atoms with Gasteiger partial charge in [-0.2, -0.15) is 0 Å². The molecule has 0 fully saturated rings. The molecular weight excluding hydrogens is 703 g/mol. The second kappa shape index (κ2) is 14.1. The molecule has 2 heteroatoms. The quantitative estimate of drug-likeness (QED) is 0.162. The minimum absolute atomic E-state index is 0.892. The highest BCUT2D eigenvalue weighted by Gasteiger charge is 2.18. The van der Waals surface area contributed by atoms with E-state index in [-0.39, 0.29) is 0 Å². The third-order valence-corrected chi connectivity index (χ3v) is 11.4. The number of hydrogen-bond acceptors (Lipinski definition) is 2. The highest BCUT2D eigenvalue weighted by molar-refractivity contribution is 6.19. The van der Waals surface area contributed by atoms with Crippen LogP contribution in [0.1, 0.15) is 0 Å². The molecule has 0 radical (unpaired) electrons. The summed E-state index contributed by atoms with van der Waals surface area (Å²) < 4.78 is 6.58. The van der Waals surface area contributed by atoms with Crippen LogP contribution in [0, 0.1) is 0 Å². The molecule has 0 aliphatic heterocycles. The van der Waals surface area contributed by atoms with Crippen molar-refractivity contribution in [1.29, 1.82) is 0 Å². The van der Waals surface area contributed by atoms with Gasteiger partial charge in [0, 0.05) is 33.2 Å². The van der Waals surface area contributed by atoms with Crippen molar-refractivity contribution in [2.24, 2.45) is 0 Å². The van der Waals surface area contributed by atoms with E-state index in [4.69, 9.17) is 4.42 Å². The second-order valence-electron chi connectivity index (χ2n) is 14.9. The predicted octanol–water partition coefficient (Wildman–Crippen LogP) is 16.0. The molecule has 10 aromatic carbocycles. The number of furan rings is 1. The van der Waals surface area contributed by atoms with Crippen LogP contribution in [0.5, 0.6) is 0 Å². The SMILES string of the molecule is c1ccc(-c2ccc(N(c3ccc(-c4cccc(-c5ccc6ccccc6c5)c4)cc3)c3cccc(-c4cccc5oc6c7ccccc7ccc6c45)c3)cc2)cc1. The molecule has 0 unspecified atom stereocenters. The van der Waals surface area contributed by atoms with Crippen molar-refractivity contribution in [3.8, 4) is 44.5 Å². The normalized spacial score (nSPS) is 11.4. The summed E-state index contributed by atoms with van der Waals surface area (Å²) in [6, 6.07) is 80.7. The highest BCUT2D eigenvalue weighted by Crippen LogP contribution is 2.43. The maximum Gasteiger partial charge on any atom is 0.143 e. The van der Waals surface area contributed by atoms with Crippen LogP contribution in [-0.4, -0.2) is 0 Å². The summed E-state index contributed by atoms with van der Waals surface area (Å²) in [6.45, 7) is 0. The average molecular weight is 740 g/mol. The number of benzene rings is 10. The fourth-order valence-electron chi connectivity index (χ4n) is 8.54. The molecule has 0 spiro atoms. The molecule has 0 atom stereocenters. The van der Waals surface area contributed by atoms with Gasteiger partial charge in [0.15, 0.2) is 0 Å². The molecule has 0 N–H and O–H groups in total. The first-order chi connectivity index (χ1) is 28.7. The van der Waals surface area contributed by atoms with Gasteiger partial charge in [0.2, 0.25) is 0 Å². The zero-order valence-corrected chi connectivity index (χ0v) is 31.7. The summed E-state index contributed by atoms with van der Waals surface area (Å²) >= 11 is 0. The van der Waals surface area contributed by atoms with Crippen LogP contribution < -0.4 is 4.90 Å². The van der Waals surface area contributed by atoms with Gasteiger partial charge in [0.1, 0.15) is 11.2 Å². The fourth-order valence-corrected chi connectivity index (χ4v) is 8.54. The van der Waals surface area contributed by atoms with Crippen molar-refractivity contribution in [3.05, 3.63) is 224 Å². The molecule has 0 aliphatic rings. The van der Waals surface area contributed by atoms with Crippen molar-refractivity contribution in [1.82, 2.24) is 0 Å². The Morgan fingerprint density at radius 1 is 0.293 bits per heavy atom. The first kappa shape index (κ1) is 33.6. The van der Waals surface area contributed by atoms with E-state index in [1.54, 1.807) is 0 Å². The van der Waals surface area contributed by atoms with E-state index in [0.717, 1.165) is 55.5 Å². The van der Waals surface area contributed by atoms with E-state index in [0.29, 0.717) is 0 Å². The van der Waals surface area contributed by atoms with E-state index >= 15 is 0 Å². The van der Waals surface area contributed by atoms with Gasteiger partial charge in [-0.3, -0.25) is 0 Å². The predicted molar refractivity (Wildman–Crippen MR) is 245 cm³/mol. The van der Waals surface area contributed by atoms with Crippen molar-refractivity contribution < 1.29 is 4.42 Å². The van der Waals surface area contributed by atoms with Gasteiger partial charge in [0.05, 0.1) is 0 Å². The summed E-state index contributed by atoms with van der Waals surface area (Å²) in [5, 5.41) is 7.07. The van der Waals surface area contributed by atoms with Crippen LogP contribution in [0.25, 0.3) is 88.0 Å². The van der Waals surface area contributed by atoms with E-state index in [1.165, 1.54) is 49.5 Å². The van der Waals surface area contributed by atoms with E-state index < -0.39 is 0 Å². The summed E-state index contributed by atoms with van der Waals surface area (Å²) in [6.07, 6.45) is 0. The molecule has 11 aromatic rings. The van der Waals surface area contributed by atoms with E-state index in [2.05, 4.69) is 229 Å². The van der Waals surface area contributed by atoms with Crippen LogP contribution in [0.15, 0.2) is 229 Å². The Morgan fingerprint density at radius 2 is 0.845 bits per heavy atom. The molecule has 1 aromatic heterocycles. The van der Waals surface area contributed by atoms with Gasteiger partial charge in [-0.05, 0) is 121 Å². The third-order valence-electron chi connectivity index (χ3n) is 11.4. The van der Waals surface area contributed by atoms with Gasteiger partial charge in [-0.1, -0.05) is 164 Å². The van der Waals surface area contributed by atoms with Crippen molar-refractivity contribution in [2.45, 2.75) is 0 Å². The monoisotopic (exact) mass is 739 g/mol. The molecule has 0 bridgehead atoms. The fraction of sp³-hybridized carbons (Fsp3) is 0. The molecular formula is C56H37NO. The zero-order valence-electron chi connectivity index (χ0n) is 31.7. The summed E-state index contributed by atoms with van der Waals surface area (Å²) in [4.78, 5) is 2.36. The summed E-state index contributed by atoms with van der Waals surface area (Å²) in [5.74, 6) is 0. The smallest absolute Gasteiger partial charge is 0.143 e. The molecule has 0 saturated heterocycles. The third kappa shape index (κ3) is 6.00. The lowest BCUT2D eigenvalue weighted by Gasteiger charge is -2.26. The van der Waals surface area contributed by atoms with Crippen LogP contribution in [-0.2, 0) is 0 Å². The molecule has 2 nitrogen and oxygen atoms in total. The van der Waals surface area contributed by atoms with Gasteiger partial charge < -0.3 is 9.32 Å². The van der Waals surface area contributed by atoms with Gasteiger partial charge >= 0.3 is 0 Å². The van der Waals surface area contributed by atoms with Crippen LogP contribution in [0.4, 0.5) is 17.1 Å². The van der Waals surface area contributed by atoms with E-state index in [9.17, 15) is 0 Å². The maximum absolute atomic E-state index is 6.58. The minimum Gasteiger partial charge on any atom is -0.455 e. The second-order valence-corrected chi connectivity index (χ2v) is 14.9. The average Bonchev–Trinajstić information content (AvgIpc) is 3.70. The molecule has 0 saturated carbocycles. The number of rotatable bonds is 7. The van der Waals surface area contributed by atoms with Gasteiger partial charge in [-0.15, -0.1) is 0 Å². The van der Waals surface area contributed by atoms with E-state index in [1.807, 2.05) is 0 Å². The van der Waals surface area contributed by atoms with Gasteiger partial charge in [-0.25, -0.2) is 0 Å². The first-order valence-electron chi connectivity index (χ1n) is 19.8. The highest BCUT2D eigenvalue weighted by atomic mass is 16.3. The Morgan fingerprint density at radius 3 is 1.64 bits per heavy atom. The molecule has 0 aliphatic carbocycles. The Labute approximate surface area is 337 Å². The molecule has 58 heavy (non-hydrogen) atoms. The lowest BCUT2D eigenvalue weighted by Crippen LogP contribution is -2.10. The van der Waals surface area contributed by atoms with Crippen LogP contribution >= 0.6 is 0 Å². The number of fused-ring (bicyclic) bond motifs is 6.